The molecule has 0 aliphatic carbocycles. The molecule has 0 bridgehead atoms. The van der Waals surface area contributed by atoms with Crippen LogP contribution < -0.4 is 5.32 Å². The van der Waals surface area contributed by atoms with Gasteiger partial charge in [0.05, 0.1) is 0 Å². The van der Waals surface area contributed by atoms with E-state index in [-0.39, 0.29) is 17.5 Å². The van der Waals surface area contributed by atoms with Gasteiger partial charge in [-0.1, -0.05) is 0 Å². The average molecular weight is 220 g/mol. The Balaban J connectivity index is 2.23. The van der Waals surface area contributed by atoms with Crippen molar-refractivity contribution >= 4 is 22.8 Å². The number of urea groups is 1. The number of aliphatic carboxylic acids is 1. The number of carboxylic acid groups (broad SMARTS) is 1. The highest BCUT2D eigenvalue weighted by atomic mass is 32.2. The van der Waals surface area contributed by atoms with Crippen molar-refractivity contribution in [3.05, 3.63) is 0 Å². The van der Waals surface area contributed by atoms with Crippen LogP contribution in [0.4, 0.5) is 4.79 Å². The Morgan fingerprint density at radius 1 is 1.64 bits per heavy atom. The second kappa shape index (κ2) is 4.94. The first-order valence-corrected chi connectivity index (χ1v) is 5.68. The van der Waals surface area contributed by atoms with Gasteiger partial charge in [0.25, 0.3) is 0 Å². The van der Waals surface area contributed by atoms with Crippen molar-refractivity contribution in [3.8, 4) is 0 Å². The van der Waals surface area contributed by atoms with Crippen LogP contribution >= 0.6 is 0 Å². The molecule has 1 saturated heterocycles. The summed E-state index contributed by atoms with van der Waals surface area (Å²) in [4.78, 5) is 22.7. The van der Waals surface area contributed by atoms with Crippen molar-refractivity contribution in [2.75, 3.05) is 31.1 Å². The SMILES string of the molecule is O=C(O)CS(=O)CCN1CCNC1=O. The molecule has 1 atom stereocenters. The average Bonchev–Trinajstić information content (AvgIpc) is 2.46. The lowest BCUT2D eigenvalue weighted by molar-refractivity contribution is -0.133. The molecule has 1 heterocycles. The zero-order valence-electron chi connectivity index (χ0n) is 7.56. The van der Waals surface area contributed by atoms with Crippen LogP contribution in [0.3, 0.4) is 0 Å². The molecule has 0 spiro atoms. The van der Waals surface area contributed by atoms with E-state index in [0.717, 1.165) is 0 Å². The minimum Gasteiger partial charge on any atom is -0.481 e. The van der Waals surface area contributed by atoms with Crippen LogP contribution in [-0.4, -0.2) is 57.4 Å². The van der Waals surface area contributed by atoms with Crippen molar-refractivity contribution in [2.24, 2.45) is 0 Å². The third kappa shape index (κ3) is 3.33. The van der Waals surface area contributed by atoms with Crippen LogP contribution in [0.1, 0.15) is 0 Å². The molecule has 1 rings (SSSR count). The van der Waals surface area contributed by atoms with Crippen LogP contribution in [0, 0.1) is 0 Å². The van der Waals surface area contributed by atoms with E-state index in [2.05, 4.69) is 5.32 Å². The molecule has 80 valence electrons. The van der Waals surface area contributed by atoms with Crippen molar-refractivity contribution < 1.29 is 18.9 Å². The summed E-state index contributed by atoms with van der Waals surface area (Å²) < 4.78 is 11.1. The van der Waals surface area contributed by atoms with Gasteiger partial charge < -0.3 is 15.3 Å². The summed E-state index contributed by atoms with van der Waals surface area (Å²) in [6.07, 6.45) is 0. The van der Waals surface area contributed by atoms with E-state index in [9.17, 15) is 13.8 Å². The maximum Gasteiger partial charge on any atom is 0.317 e. The highest BCUT2D eigenvalue weighted by Crippen LogP contribution is 1.96. The summed E-state index contributed by atoms with van der Waals surface area (Å²) in [6.45, 7) is 1.55. The van der Waals surface area contributed by atoms with Gasteiger partial charge in [-0.2, -0.15) is 0 Å². The molecule has 2 N–H and O–H groups in total. The van der Waals surface area contributed by atoms with Gasteiger partial charge >= 0.3 is 12.0 Å². The van der Waals surface area contributed by atoms with Crippen molar-refractivity contribution in [2.45, 2.75) is 0 Å². The molecular formula is C7H12N2O4S. The summed E-state index contributed by atoms with van der Waals surface area (Å²) >= 11 is 0. The summed E-state index contributed by atoms with van der Waals surface area (Å²) in [6, 6.07) is -0.169. The quantitative estimate of drug-likeness (QED) is 0.612. The molecule has 0 aromatic carbocycles. The third-order valence-corrected chi connectivity index (χ3v) is 3.03. The molecule has 0 aromatic rings. The molecule has 0 aromatic heterocycles. The molecule has 0 radical (unpaired) electrons. The second-order valence-corrected chi connectivity index (χ2v) is 4.48. The third-order valence-electron chi connectivity index (χ3n) is 1.82. The van der Waals surface area contributed by atoms with Crippen LogP contribution in [-0.2, 0) is 15.6 Å². The normalized spacial score (nSPS) is 18.0. The highest BCUT2D eigenvalue weighted by molar-refractivity contribution is 7.85. The van der Waals surface area contributed by atoms with Crippen molar-refractivity contribution in [3.63, 3.8) is 0 Å². The Morgan fingerprint density at radius 3 is 2.86 bits per heavy atom. The van der Waals surface area contributed by atoms with E-state index in [4.69, 9.17) is 5.11 Å². The maximum atomic E-state index is 11.1. The topological polar surface area (TPSA) is 86.7 Å². The van der Waals surface area contributed by atoms with Gasteiger partial charge in [0.1, 0.15) is 5.75 Å². The van der Waals surface area contributed by atoms with E-state index >= 15 is 0 Å². The van der Waals surface area contributed by atoms with Gasteiger partial charge in [-0.3, -0.25) is 9.00 Å². The lowest BCUT2D eigenvalue weighted by Crippen LogP contribution is -2.32. The number of carbonyl (C=O) groups is 2. The molecular weight excluding hydrogens is 208 g/mol. The Bertz CT molecular complexity index is 268. The molecule has 1 fully saturated rings. The smallest absolute Gasteiger partial charge is 0.317 e. The largest absolute Gasteiger partial charge is 0.481 e. The van der Waals surface area contributed by atoms with Crippen molar-refractivity contribution in [1.29, 1.82) is 0 Å². The van der Waals surface area contributed by atoms with Gasteiger partial charge in [-0.15, -0.1) is 0 Å². The van der Waals surface area contributed by atoms with Gasteiger partial charge in [0.2, 0.25) is 0 Å². The fourth-order valence-corrected chi connectivity index (χ4v) is 1.99. The number of rotatable bonds is 5. The maximum absolute atomic E-state index is 11.1. The fourth-order valence-electron chi connectivity index (χ4n) is 1.15. The lowest BCUT2D eigenvalue weighted by atomic mass is 10.6. The molecule has 0 saturated carbocycles. The molecule has 7 heteroatoms. The zero-order valence-corrected chi connectivity index (χ0v) is 8.38. The lowest BCUT2D eigenvalue weighted by Gasteiger charge is -2.12. The molecule has 1 aliphatic rings. The summed E-state index contributed by atoms with van der Waals surface area (Å²) in [7, 11) is -1.38. The second-order valence-electron chi connectivity index (χ2n) is 2.90. The van der Waals surface area contributed by atoms with Crippen LogP contribution in [0.2, 0.25) is 0 Å². The molecule has 6 nitrogen and oxygen atoms in total. The fraction of sp³-hybridized carbons (Fsp3) is 0.714. The van der Waals surface area contributed by atoms with Gasteiger partial charge in [0.15, 0.2) is 0 Å². The molecule has 14 heavy (non-hydrogen) atoms. The van der Waals surface area contributed by atoms with Crippen LogP contribution in [0.5, 0.6) is 0 Å². The van der Waals surface area contributed by atoms with E-state index in [1.165, 1.54) is 4.90 Å². The number of carboxylic acids is 1. The van der Waals surface area contributed by atoms with Gasteiger partial charge in [-0.25, -0.2) is 4.79 Å². The number of nitrogens with one attached hydrogen (secondary N) is 1. The Kier molecular flexibility index (Phi) is 3.87. The minimum atomic E-state index is -1.38. The summed E-state index contributed by atoms with van der Waals surface area (Å²) in [5.74, 6) is -1.20. The van der Waals surface area contributed by atoms with E-state index in [1.807, 2.05) is 0 Å². The van der Waals surface area contributed by atoms with E-state index < -0.39 is 16.8 Å². The Hall–Kier alpha value is -1.11. The first kappa shape index (κ1) is 11.0. The predicted molar refractivity (Wildman–Crippen MR) is 50.5 cm³/mol. The number of carbonyl (C=O) groups excluding carboxylic acids is 1. The number of amides is 2. The first-order valence-electron chi connectivity index (χ1n) is 4.19. The molecule has 1 aliphatic heterocycles. The van der Waals surface area contributed by atoms with Crippen LogP contribution in [0.25, 0.3) is 0 Å². The van der Waals surface area contributed by atoms with Crippen molar-refractivity contribution in [1.82, 2.24) is 10.2 Å². The van der Waals surface area contributed by atoms with E-state index in [0.29, 0.717) is 19.6 Å². The summed E-state index contributed by atoms with van der Waals surface area (Å²) in [5.41, 5.74) is 0. The standard InChI is InChI=1S/C7H12N2O4S/c10-6(11)5-14(13)4-3-9-2-1-8-7(9)12/h1-5H2,(H,8,12)(H,10,11). The monoisotopic (exact) mass is 220 g/mol. The number of nitrogens with zero attached hydrogens (tertiary/aromatic N) is 1. The molecule has 2 amide bonds. The number of hydrogen-bond acceptors (Lipinski definition) is 3. The highest BCUT2D eigenvalue weighted by Gasteiger charge is 2.19. The Labute approximate surface area is 83.7 Å². The predicted octanol–water partition coefficient (Wildman–Crippen LogP) is -1.16. The number of hydrogen-bond donors (Lipinski definition) is 2. The zero-order chi connectivity index (χ0) is 10.6. The van der Waals surface area contributed by atoms with Gasteiger partial charge in [-0.05, 0) is 0 Å². The Morgan fingerprint density at radius 2 is 2.36 bits per heavy atom. The summed E-state index contributed by atoms with van der Waals surface area (Å²) in [5, 5.41) is 10.9. The van der Waals surface area contributed by atoms with Gasteiger partial charge in [0, 0.05) is 36.2 Å². The molecule has 1 unspecified atom stereocenters. The minimum absolute atomic E-state index is 0.169. The van der Waals surface area contributed by atoms with Crippen LogP contribution in [0.15, 0.2) is 0 Å². The van der Waals surface area contributed by atoms with E-state index in [1.54, 1.807) is 0 Å². The first-order chi connectivity index (χ1) is 6.59.